The lowest BCUT2D eigenvalue weighted by atomic mass is 10.2. The monoisotopic (exact) mass is 388 g/mol. The van der Waals surface area contributed by atoms with Gasteiger partial charge in [-0.2, -0.15) is 0 Å². The molecule has 1 fully saturated rings. The number of aromatic nitrogens is 3. The Labute approximate surface area is 163 Å². The highest BCUT2D eigenvalue weighted by Gasteiger charge is 2.23. The van der Waals surface area contributed by atoms with Crippen molar-refractivity contribution in [3.8, 4) is 0 Å². The Balaban J connectivity index is 1.46. The van der Waals surface area contributed by atoms with Gasteiger partial charge in [0.05, 0.1) is 0 Å². The lowest BCUT2D eigenvalue weighted by molar-refractivity contribution is -0.116. The minimum absolute atomic E-state index is 0.151. The van der Waals surface area contributed by atoms with Crippen LogP contribution in [0.5, 0.6) is 0 Å². The van der Waals surface area contributed by atoms with E-state index in [0.29, 0.717) is 12.6 Å². The molecule has 1 N–H and O–H groups in total. The molecule has 1 saturated carbocycles. The summed E-state index contributed by atoms with van der Waals surface area (Å²) in [5.74, 6) is 0.579. The van der Waals surface area contributed by atoms with E-state index in [1.54, 1.807) is 30.0 Å². The number of carbonyl (C=O) groups is 1. The summed E-state index contributed by atoms with van der Waals surface area (Å²) in [6.07, 6.45) is 11.7. The van der Waals surface area contributed by atoms with E-state index in [1.165, 1.54) is 43.9 Å². The molecule has 2 aromatic rings. The van der Waals surface area contributed by atoms with Crippen LogP contribution in [0.1, 0.15) is 49.5 Å². The highest BCUT2D eigenvalue weighted by molar-refractivity contribution is 7.98. The number of nitrogens with zero attached hydrogens (tertiary/aromatic N) is 3. The Kier molecular flexibility index (Phi) is 7.04. The number of rotatable bonds is 8. The second kappa shape index (κ2) is 9.69. The van der Waals surface area contributed by atoms with Gasteiger partial charge in [0.1, 0.15) is 11.6 Å². The molecule has 0 saturated heterocycles. The summed E-state index contributed by atoms with van der Waals surface area (Å²) in [7, 11) is 0. The van der Waals surface area contributed by atoms with Gasteiger partial charge in [-0.1, -0.05) is 36.7 Å². The number of hydrogen-bond donors (Lipinski definition) is 1. The zero-order chi connectivity index (χ0) is 19.1. The van der Waals surface area contributed by atoms with Crippen LogP contribution in [0.3, 0.4) is 0 Å². The number of hydrogen-bond acceptors (Lipinski definition) is 4. The molecule has 1 amide bonds. The molecular weight excluding hydrogens is 363 g/mol. The summed E-state index contributed by atoms with van der Waals surface area (Å²) in [6.45, 7) is 0.582. The summed E-state index contributed by atoms with van der Waals surface area (Å²) in [4.78, 5) is 11.9. The number of benzene rings is 1. The van der Waals surface area contributed by atoms with E-state index in [4.69, 9.17) is 0 Å². The summed E-state index contributed by atoms with van der Waals surface area (Å²) < 4.78 is 15.2. The fourth-order valence-corrected chi connectivity index (χ4v) is 3.98. The third-order valence-electron chi connectivity index (χ3n) is 4.78. The van der Waals surface area contributed by atoms with Gasteiger partial charge in [0, 0.05) is 25.1 Å². The fraction of sp³-hybridized carbons (Fsp3) is 0.450. The largest absolute Gasteiger partial charge is 0.353 e. The van der Waals surface area contributed by atoms with Crippen molar-refractivity contribution in [1.82, 2.24) is 20.1 Å². The standard InChI is InChI=1S/C20H25FN4OS/c1-27-20-24-23-18(25(20)17-5-2-3-6-17)7-4-14-22-19(26)13-10-15-8-11-16(21)12-9-15/h8-13,17H,2-7,14H2,1H3,(H,22,26)/b13-10+. The molecule has 0 radical (unpaired) electrons. The van der Waals surface area contributed by atoms with E-state index < -0.39 is 0 Å². The maximum atomic E-state index is 12.9. The van der Waals surface area contributed by atoms with Gasteiger partial charge in [-0.05, 0) is 49.3 Å². The van der Waals surface area contributed by atoms with E-state index in [1.807, 2.05) is 6.26 Å². The van der Waals surface area contributed by atoms with Crippen molar-refractivity contribution in [2.45, 2.75) is 49.7 Å². The van der Waals surface area contributed by atoms with Gasteiger partial charge in [0.15, 0.2) is 5.16 Å². The summed E-state index contributed by atoms with van der Waals surface area (Å²) in [6, 6.07) is 6.55. The minimum Gasteiger partial charge on any atom is -0.353 e. The SMILES string of the molecule is CSc1nnc(CCCNC(=O)/C=C/c2ccc(F)cc2)n1C1CCCC1. The molecule has 27 heavy (non-hydrogen) atoms. The molecule has 0 aliphatic heterocycles. The van der Waals surface area contributed by atoms with E-state index in [0.717, 1.165) is 29.4 Å². The van der Waals surface area contributed by atoms with Crippen LogP contribution in [0.15, 0.2) is 35.5 Å². The Bertz CT molecular complexity index is 782. The number of aryl methyl sites for hydroxylation is 1. The molecular formula is C20H25FN4OS. The van der Waals surface area contributed by atoms with Crippen LogP contribution >= 0.6 is 11.8 Å². The van der Waals surface area contributed by atoms with Crippen molar-refractivity contribution in [3.63, 3.8) is 0 Å². The molecule has 5 nitrogen and oxygen atoms in total. The van der Waals surface area contributed by atoms with Gasteiger partial charge in [-0.25, -0.2) is 4.39 Å². The zero-order valence-electron chi connectivity index (χ0n) is 15.5. The first-order valence-electron chi connectivity index (χ1n) is 9.36. The van der Waals surface area contributed by atoms with Crippen LogP contribution in [0.4, 0.5) is 4.39 Å². The number of nitrogens with one attached hydrogen (secondary N) is 1. The van der Waals surface area contributed by atoms with Crippen LogP contribution in [-0.2, 0) is 11.2 Å². The van der Waals surface area contributed by atoms with Crippen molar-refractivity contribution in [2.24, 2.45) is 0 Å². The van der Waals surface area contributed by atoms with Crippen molar-refractivity contribution in [1.29, 1.82) is 0 Å². The van der Waals surface area contributed by atoms with Gasteiger partial charge in [-0.15, -0.1) is 10.2 Å². The van der Waals surface area contributed by atoms with Gasteiger partial charge in [0.25, 0.3) is 0 Å². The second-order valence-electron chi connectivity index (χ2n) is 6.69. The highest BCUT2D eigenvalue weighted by atomic mass is 32.2. The summed E-state index contributed by atoms with van der Waals surface area (Å²) in [5.41, 5.74) is 0.792. The molecule has 1 aromatic carbocycles. The first kappa shape index (κ1) is 19.6. The number of halogens is 1. The Morgan fingerprint density at radius 1 is 1.30 bits per heavy atom. The maximum absolute atomic E-state index is 12.9. The van der Waals surface area contributed by atoms with E-state index in [9.17, 15) is 9.18 Å². The number of thioether (sulfide) groups is 1. The third kappa shape index (κ3) is 5.42. The minimum atomic E-state index is -0.285. The molecule has 7 heteroatoms. The molecule has 0 unspecified atom stereocenters. The molecule has 0 atom stereocenters. The van der Waals surface area contributed by atoms with Gasteiger partial charge in [0.2, 0.25) is 5.91 Å². The van der Waals surface area contributed by atoms with Crippen molar-refractivity contribution in [2.75, 3.05) is 12.8 Å². The summed E-state index contributed by atoms with van der Waals surface area (Å²) in [5, 5.41) is 12.5. The maximum Gasteiger partial charge on any atom is 0.243 e. The second-order valence-corrected chi connectivity index (χ2v) is 7.46. The fourth-order valence-electron chi connectivity index (χ4n) is 3.41. The van der Waals surface area contributed by atoms with Crippen molar-refractivity contribution >= 4 is 23.7 Å². The predicted molar refractivity (Wildman–Crippen MR) is 106 cm³/mol. The molecule has 1 aliphatic rings. The van der Waals surface area contributed by atoms with E-state index >= 15 is 0 Å². The Morgan fingerprint density at radius 3 is 2.74 bits per heavy atom. The average molecular weight is 389 g/mol. The highest BCUT2D eigenvalue weighted by Crippen LogP contribution is 2.33. The van der Waals surface area contributed by atoms with Crippen molar-refractivity contribution < 1.29 is 9.18 Å². The topological polar surface area (TPSA) is 59.8 Å². The molecule has 3 rings (SSSR count). The Hall–Kier alpha value is -2.15. The Morgan fingerprint density at radius 2 is 2.04 bits per heavy atom. The molecule has 0 bridgehead atoms. The van der Waals surface area contributed by atoms with Crippen LogP contribution in [0.2, 0.25) is 0 Å². The third-order valence-corrected chi connectivity index (χ3v) is 5.42. The average Bonchev–Trinajstić information content (AvgIpc) is 3.33. The lowest BCUT2D eigenvalue weighted by Crippen LogP contribution is -2.23. The van der Waals surface area contributed by atoms with E-state index in [2.05, 4.69) is 20.1 Å². The van der Waals surface area contributed by atoms with Gasteiger partial charge >= 0.3 is 0 Å². The van der Waals surface area contributed by atoms with Crippen molar-refractivity contribution in [3.05, 3.63) is 47.5 Å². The number of carbonyl (C=O) groups excluding carboxylic acids is 1. The predicted octanol–water partition coefficient (Wildman–Crippen LogP) is 4.02. The molecule has 1 aromatic heterocycles. The quantitative estimate of drug-likeness (QED) is 0.422. The molecule has 0 spiro atoms. The summed E-state index contributed by atoms with van der Waals surface area (Å²) >= 11 is 1.64. The molecule has 144 valence electrons. The van der Waals surface area contributed by atoms with Crippen LogP contribution < -0.4 is 5.32 Å². The molecule has 1 heterocycles. The van der Waals surface area contributed by atoms with E-state index in [-0.39, 0.29) is 11.7 Å². The lowest BCUT2D eigenvalue weighted by Gasteiger charge is -2.16. The first-order valence-corrected chi connectivity index (χ1v) is 10.6. The van der Waals surface area contributed by atoms with Gasteiger partial charge in [-0.3, -0.25) is 4.79 Å². The van der Waals surface area contributed by atoms with Gasteiger partial charge < -0.3 is 9.88 Å². The van der Waals surface area contributed by atoms with Crippen LogP contribution in [0.25, 0.3) is 6.08 Å². The van der Waals surface area contributed by atoms with Crippen LogP contribution in [0, 0.1) is 5.82 Å². The smallest absolute Gasteiger partial charge is 0.243 e. The first-order chi connectivity index (χ1) is 13.2. The molecule has 1 aliphatic carbocycles. The number of amides is 1. The normalized spacial score (nSPS) is 14.9. The van der Waals surface area contributed by atoms with Crippen LogP contribution in [-0.4, -0.2) is 33.5 Å². The zero-order valence-corrected chi connectivity index (χ0v) is 16.3.